The smallest absolute Gasteiger partial charge is 0.261 e. The maximum atomic E-state index is 13.7. The molecule has 3 aromatic rings. The molecule has 6 heteroatoms. The first-order valence-corrected chi connectivity index (χ1v) is 12.2. The van der Waals surface area contributed by atoms with E-state index in [1.165, 1.54) is 0 Å². The van der Waals surface area contributed by atoms with Crippen LogP contribution in [0.1, 0.15) is 36.1 Å². The van der Waals surface area contributed by atoms with Crippen molar-refractivity contribution in [2.75, 3.05) is 13.7 Å². The molecular formula is C30H36N2O4. The number of carbonyl (C=O) groups excluding carboxylic acids is 2. The van der Waals surface area contributed by atoms with Gasteiger partial charge in [-0.25, -0.2) is 0 Å². The van der Waals surface area contributed by atoms with Crippen LogP contribution in [0.4, 0.5) is 0 Å². The summed E-state index contributed by atoms with van der Waals surface area (Å²) in [6, 6.07) is 22.3. The Balaban J connectivity index is 1.94. The summed E-state index contributed by atoms with van der Waals surface area (Å²) in [5.41, 5.74) is 3.92. The predicted molar refractivity (Wildman–Crippen MR) is 142 cm³/mol. The maximum absolute atomic E-state index is 13.7. The monoisotopic (exact) mass is 488 g/mol. The topological polar surface area (TPSA) is 67.9 Å². The van der Waals surface area contributed by atoms with Gasteiger partial charge in [0.25, 0.3) is 5.91 Å². The van der Waals surface area contributed by atoms with Crippen molar-refractivity contribution in [2.24, 2.45) is 0 Å². The highest BCUT2D eigenvalue weighted by Gasteiger charge is 2.31. The standard InChI is InChI=1S/C30H36N2O4/c1-21(2)31-30(34)27(18-24-12-7-6-8-13-24)32(19-25-14-10-15-26(17-25)35-5)29(33)20-36-28-16-9-11-22(3)23(28)4/h6-17,21,27H,18-20H2,1-5H3,(H,31,34). The molecule has 1 unspecified atom stereocenters. The fraction of sp³-hybridized carbons (Fsp3) is 0.333. The molecule has 6 nitrogen and oxygen atoms in total. The number of nitrogens with one attached hydrogen (secondary N) is 1. The predicted octanol–water partition coefficient (Wildman–Crippen LogP) is 4.86. The van der Waals surface area contributed by atoms with Gasteiger partial charge in [-0.2, -0.15) is 0 Å². The fourth-order valence-electron chi connectivity index (χ4n) is 4.01. The highest BCUT2D eigenvalue weighted by atomic mass is 16.5. The van der Waals surface area contributed by atoms with Gasteiger partial charge >= 0.3 is 0 Å². The number of hydrogen-bond acceptors (Lipinski definition) is 4. The van der Waals surface area contributed by atoms with E-state index in [-0.39, 0.29) is 31.0 Å². The van der Waals surface area contributed by atoms with Gasteiger partial charge in [-0.15, -0.1) is 0 Å². The first kappa shape index (κ1) is 26.8. The van der Waals surface area contributed by atoms with Gasteiger partial charge in [-0.1, -0.05) is 54.6 Å². The van der Waals surface area contributed by atoms with Crippen molar-refractivity contribution >= 4 is 11.8 Å². The van der Waals surface area contributed by atoms with E-state index in [9.17, 15) is 9.59 Å². The van der Waals surface area contributed by atoms with Crippen LogP contribution in [0.25, 0.3) is 0 Å². The van der Waals surface area contributed by atoms with Crippen LogP contribution in [0, 0.1) is 13.8 Å². The minimum absolute atomic E-state index is 0.0595. The van der Waals surface area contributed by atoms with Crippen molar-refractivity contribution in [1.29, 1.82) is 0 Å². The van der Waals surface area contributed by atoms with Crippen molar-refractivity contribution in [3.05, 3.63) is 95.1 Å². The number of carbonyl (C=O) groups is 2. The van der Waals surface area contributed by atoms with Crippen molar-refractivity contribution in [1.82, 2.24) is 10.2 Å². The number of methoxy groups -OCH3 is 1. The van der Waals surface area contributed by atoms with Crippen LogP contribution in [-0.4, -0.2) is 42.5 Å². The molecule has 0 radical (unpaired) electrons. The average molecular weight is 489 g/mol. The van der Waals surface area contributed by atoms with E-state index in [1.807, 2.05) is 100 Å². The zero-order valence-corrected chi connectivity index (χ0v) is 21.8. The molecule has 0 aliphatic heterocycles. The molecule has 2 amide bonds. The second-order valence-electron chi connectivity index (χ2n) is 9.23. The summed E-state index contributed by atoms with van der Waals surface area (Å²) < 4.78 is 11.3. The lowest BCUT2D eigenvalue weighted by Crippen LogP contribution is -2.52. The lowest BCUT2D eigenvalue weighted by atomic mass is 10.0. The number of aryl methyl sites for hydroxylation is 1. The summed E-state index contributed by atoms with van der Waals surface area (Å²) in [4.78, 5) is 28.7. The molecule has 0 aromatic heterocycles. The zero-order chi connectivity index (χ0) is 26.1. The Labute approximate surface area is 214 Å². The molecule has 3 aromatic carbocycles. The molecule has 1 N–H and O–H groups in total. The number of amides is 2. The minimum atomic E-state index is -0.712. The first-order chi connectivity index (χ1) is 17.3. The molecule has 1 atom stereocenters. The zero-order valence-electron chi connectivity index (χ0n) is 21.8. The Kier molecular flexibility index (Phi) is 9.51. The molecule has 36 heavy (non-hydrogen) atoms. The highest BCUT2D eigenvalue weighted by Crippen LogP contribution is 2.22. The van der Waals surface area contributed by atoms with Gasteiger partial charge in [0, 0.05) is 19.0 Å². The third-order valence-corrected chi connectivity index (χ3v) is 6.10. The molecule has 0 heterocycles. The summed E-state index contributed by atoms with van der Waals surface area (Å²) in [6.45, 7) is 7.87. The Morgan fingerprint density at radius 3 is 2.31 bits per heavy atom. The molecule has 0 aliphatic carbocycles. The van der Waals surface area contributed by atoms with Crippen LogP contribution in [0.15, 0.2) is 72.8 Å². The van der Waals surface area contributed by atoms with E-state index in [2.05, 4.69) is 5.32 Å². The van der Waals surface area contributed by atoms with Gasteiger partial charge < -0.3 is 19.7 Å². The van der Waals surface area contributed by atoms with E-state index >= 15 is 0 Å². The Hall–Kier alpha value is -3.80. The number of ether oxygens (including phenoxy) is 2. The van der Waals surface area contributed by atoms with Crippen LogP contribution in [0.5, 0.6) is 11.5 Å². The highest BCUT2D eigenvalue weighted by molar-refractivity contribution is 5.88. The molecule has 0 fully saturated rings. The molecule has 0 saturated heterocycles. The van der Waals surface area contributed by atoms with Crippen LogP contribution >= 0.6 is 0 Å². The van der Waals surface area contributed by atoms with Crippen LogP contribution in [0.3, 0.4) is 0 Å². The van der Waals surface area contributed by atoms with Crippen LogP contribution in [-0.2, 0) is 22.6 Å². The minimum Gasteiger partial charge on any atom is -0.497 e. The molecule has 0 saturated carbocycles. The summed E-state index contributed by atoms with van der Waals surface area (Å²) >= 11 is 0. The normalized spacial score (nSPS) is 11.6. The van der Waals surface area contributed by atoms with Crippen molar-refractivity contribution in [3.63, 3.8) is 0 Å². The molecule has 3 rings (SSSR count). The molecule has 190 valence electrons. The van der Waals surface area contributed by atoms with E-state index in [0.717, 1.165) is 22.3 Å². The van der Waals surface area contributed by atoms with Crippen LogP contribution in [0.2, 0.25) is 0 Å². The number of benzene rings is 3. The second-order valence-corrected chi connectivity index (χ2v) is 9.23. The van der Waals surface area contributed by atoms with Crippen molar-refractivity contribution in [2.45, 2.75) is 52.7 Å². The summed E-state index contributed by atoms with van der Waals surface area (Å²) in [7, 11) is 1.61. The fourth-order valence-corrected chi connectivity index (χ4v) is 4.01. The van der Waals surface area contributed by atoms with E-state index in [1.54, 1.807) is 12.0 Å². The van der Waals surface area contributed by atoms with Crippen molar-refractivity contribution < 1.29 is 19.1 Å². The Morgan fingerprint density at radius 1 is 0.917 bits per heavy atom. The number of nitrogens with zero attached hydrogens (tertiary/aromatic N) is 1. The lowest BCUT2D eigenvalue weighted by Gasteiger charge is -2.32. The summed E-state index contributed by atoms with van der Waals surface area (Å²) in [5.74, 6) is 0.893. The van der Waals surface area contributed by atoms with Gasteiger partial charge in [0.15, 0.2) is 6.61 Å². The van der Waals surface area contributed by atoms with Crippen molar-refractivity contribution in [3.8, 4) is 11.5 Å². The van der Waals surface area contributed by atoms with E-state index in [0.29, 0.717) is 17.9 Å². The summed E-state index contributed by atoms with van der Waals surface area (Å²) in [6.07, 6.45) is 0.387. The van der Waals surface area contributed by atoms with Gasteiger partial charge in [-0.3, -0.25) is 9.59 Å². The first-order valence-electron chi connectivity index (χ1n) is 12.2. The van der Waals surface area contributed by atoms with Gasteiger partial charge in [-0.05, 0) is 68.1 Å². The Morgan fingerprint density at radius 2 is 1.61 bits per heavy atom. The SMILES string of the molecule is COc1cccc(CN(C(=O)COc2cccc(C)c2C)C(Cc2ccccc2)C(=O)NC(C)C)c1. The number of rotatable bonds is 11. The molecular weight excluding hydrogens is 452 g/mol. The maximum Gasteiger partial charge on any atom is 0.261 e. The third-order valence-electron chi connectivity index (χ3n) is 6.10. The largest absolute Gasteiger partial charge is 0.497 e. The molecule has 0 aliphatic rings. The van der Waals surface area contributed by atoms with Gasteiger partial charge in [0.2, 0.25) is 5.91 Å². The lowest BCUT2D eigenvalue weighted by molar-refractivity contribution is -0.143. The van der Waals surface area contributed by atoms with E-state index in [4.69, 9.17) is 9.47 Å². The molecule has 0 bridgehead atoms. The van der Waals surface area contributed by atoms with E-state index < -0.39 is 6.04 Å². The third kappa shape index (κ3) is 7.35. The summed E-state index contributed by atoms with van der Waals surface area (Å²) in [5, 5.41) is 3.00. The quantitative estimate of drug-likeness (QED) is 0.419. The van der Waals surface area contributed by atoms with Gasteiger partial charge in [0.1, 0.15) is 17.5 Å². The van der Waals surface area contributed by atoms with Crippen LogP contribution < -0.4 is 14.8 Å². The number of hydrogen-bond donors (Lipinski definition) is 1. The Bertz CT molecular complexity index is 1160. The molecule has 0 spiro atoms. The van der Waals surface area contributed by atoms with Gasteiger partial charge in [0.05, 0.1) is 7.11 Å². The second kappa shape index (κ2) is 12.8. The average Bonchev–Trinajstić information content (AvgIpc) is 2.87.